The maximum absolute atomic E-state index is 13.9. The lowest BCUT2D eigenvalue weighted by Crippen LogP contribution is -2.33. The van der Waals surface area contributed by atoms with Crippen molar-refractivity contribution in [3.63, 3.8) is 0 Å². The van der Waals surface area contributed by atoms with E-state index in [-0.39, 0.29) is 11.4 Å². The molecule has 0 amide bonds. The van der Waals surface area contributed by atoms with Gasteiger partial charge in [0.2, 0.25) is 0 Å². The molecule has 0 fully saturated rings. The van der Waals surface area contributed by atoms with Crippen LogP contribution in [0.25, 0.3) is 0 Å². The summed E-state index contributed by atoms with van der Waals surface area (Å²) in [7, 11) is 3.18. The van der Waals surface area contributed by atoms with E-state index in [4.69, 9.17) is 20.4 Å². The number of nitrogens with zero attached hydrogens (tertiary/aromatic N) is 2. The van der Waals surface area contributed by atoms with Crippen LogP contribution >= 0.6 is 0 Å². The fourth-order valence-electron chi connectivity index (χ4n) is 1.84. The molecular weight excluding hydrogens is 265 g/mol. The van der Waals surface area contributed by atoms with Crippen molar-refractivity contribution < 1.29 is 19.1 Å². The molecule has 0 aliphatic heterocycles. The topological polar surface area (TPSA) is 80.3 Å². The first kappa shape index (κ1) is 16.2. The second-order valence-corrected chi connectivity index (χ2v) is 4.09. The average molecular weight is 285 g/mol. The van der Waals surface area contributed by atoms with E-state index >= 15 is 0 Å². The zero-order chi connectivity index (χ0) is 15.0. The molecule has 112 valence electrons. The van der Waals surface area contributed by atoms with Crippen molar-refractivity contribution in [2.24, 2.45) is 10.9 Å². The predicted octanol–water partition coefficient (Wildman–Crippen LogP) is 1.02. The Kier molecular flexibility index (Phi) is 6.75. The van der Waals surface area contributed by atoms with Crippen LogP contribution in [0.15, 0.2) is 23.4 Å². The molecule has 0 aliphatic rings. The molecule has 6 nitrogen and oxygen atoms in total. The second kappa shape index (κ2) is 8.34. The summed E-state index contributed by atoms with van der Waals surface area (Å²) >= 11 is 0. The predicted molar refractivity (Wildman–Crippen MR) is 74.9 cm³/mol. The standard InChI is InChI=1S/C13H20FN3O3/c1-19-8-6-17(7-9-20-2)11-5-3-4-10(14)12(11)13(15)16-18/h3-5,18H,6-9H2,1-2H3,(H2,15,16). The summed E-state index contributed by atoms with van der Waals surface area (Å²) in [6.45, 7) is 2.01. The second-order valence-electron chi connectivity index (χ2n) is 4.09. The molecule has 7 heteroatoms. The zero-order valence-corrected chi connectivity index (χ0v) is 11.7. The van der Waals surface area contributed by atoms with Crippen molar-refractivity contribution in [2.45, 2.75) is 0 Å². The minimum atomic E-state index is -0.544. The minimum absolute atomic E-state index is 0.0715. The highest BCUT2D eigenvalue weighted by Gasteiger charge is 2.17. The number of amidine groups is 1. The molecule has 1 aromatic rings. The number of anilines is 1. The number of methoxy groups -OCH3 is 2. The summed E-state index contributed by atoms with van der Waals surface area (Å²) in [5, 5.41) is 11.7. The van der Waals surface area contributed by atoms with Crippen molar-refractivity contribution in [3.8, 4) is 0 Å². The molecule has 0 spiro atoms. The Balaban J connectivity index is 3.14. The molecule has 3 N–H and O–H groups in total. The van der Waals surface area contributed by atoms with E-state index < -0.39 is 5.82 Å². The molecule has 20 heavy (non-hydrogen) atoms. The molecule has 0 atom stereocenters. The lowest BCUT2D eigenvalue weighted by atomic mass is 10.1. The summed E-state index contributed by atoms with van der Waals surface area (Å²) in [6.07, 6.45) is 0. The molecule has 1 rings (SSSR count). The van der Waals surface area contributed by atoms with E-state index in [1.165, 1.54) is 6.07 Å². The maximum Gasteiger partial charge on any atom is 0.175 e. The van der Waals surface area contributed by atoms with Crippen molar-refractivity contribution in [1.82, 2.24) is 0 Å². The van der Waals surface area contributed by atoms with E-state index in [2.05, 4.69) is 5.16 Å². The highest BCUT2D eigenvalue weighted by atomic mass is 19.1. The van der Waals surface area contributed by atoms with Gasteiger partial charge in [-0.2, -0.15) is 0 Å². The summed E-state index contributed by atoms with van der Waals surface area (Å²) in [5.41, 5.74) is 6.17. The quantitative estimate of drug-likeness (QED) is 0.322. The third kappa shape index (κ3) is 4.07. The fraction of sp³-hybridized carbons (Fsp3) is 0.462. The smallest absolute Gasteiger partial charge is 0.175 e. The van der Waals surface area contributed by atoms with Gasteiger partial charge in [0.15, 0.2) is 5.84 Å². The number of ether oxygens (including phenoxy) is 2. The van der Waals surface area contributed by atoms with Gasteiger partial charge in [0.05, 0.1) is 24.5 Å². The average Bonchev–Trinajstić information content (AvgIpc) is 2.46. The molecule has 0 aliphatic carbocycles. The van der Waals surface area contributed by atoms with Crippen LogP contribution in [0.3, 0.4) is 0 Å². The van der Waals surface area contributed by atoms with Gasteiger partial charge >= 0.3 is 0 Å². The third-order valence-corrected chi connectivity index (χ3v) is 2.83. The van der Waals surface area contributed by atoms with Gasteiger partial charge in [0.25, 0.3) is 0 Å². The molecule has 0 heterocycles. The molecular formula is C13H20FN3O3. The van der Waals surface area contributed by atoms with Crippen LogP contribution < -0.4 is 10.6 Å². The van der Waals surface area contributed by atoms with Gasteiger partial charge in [-0.15, -0.1) is 0 Å². The number of rotatable bonds is 8. The lowest BCUT2D eigenvalue weighted by Gasteiger charge is -2.26. The first-order chi connectivity index (χ1) is 9.65. The number of hydrogen-bond acceptors (Lipinski definition) is 5. The Labute approximate surface area is 117 Å². The fourth-order valence-corrected chi connectivity index (χ4v) is 1.84. The monoisotopic (exact) mass is 285 g/mol. The minimum Gasteiger partial charge on any atom is -0.409 e. The Morgan fingerprint density at radius 3 is 2.40 bits per heavy atom. The summed E-state index contributed by atoms with van der Waals surface area (Å²) in [5.74, 6) is -0.810. The molecule has 0 radical (unpaired) electrons. The molecule has 0 saturated carbocycles. The van der Waals surface area contributed by atoms with E-state index in [1.807, 2.05) is 4.90 Å². The van der Waals surface area contributed by atoms with E-state index in [1.54, 1.807) is 26.4 Å². The van der Waals surface area contributed by atoms with E-state index in [0.717, 1.165) is 0 Å². The van der Waals surface area contributed by atoms with E-state index in [0.29, 0.717) is 32.0 Å². The van der Waals surface area contributed by atoms with Gasteiger partial charge in [0, 0.05) is 27.3 Å². The molecule has 0 unspecified atom stereocenters. The Morgan fingerprint density at radius 2 is 1.90 bits per heavy atom. The van der Waals surface area contributed by atoms with Crippen LogP contribution in [0, 0.1) is 5.82 Å². The van der Waals surface area contributed by atoms with Crippen LogP contribution in [0.1, 0.15) is 5.56 Å². The first-order valence-corrected chi connectivity index (χ1v) is 6.15. The van der Waals surface area contributed by atoms with Gasteiger partial charge < -0.3 is 25.3 Å². The SMILES string of the molecule is COCCN(CCOC)c1cccc(F)c1C(N)=NO. The Bertz CT molecular complexity index is 446. The van der Waals surface area contributed by atoms with Gasteiger partial charge in [-0.05, 0) is 12.1 Å². The Hall–Kier alpha value is -1.86. The highest BCUT2D eigenvalue weighted by Crippen LogP contribution is 2.23. The molecule has 1 aromatic carbocycles. The van der Waals surface area contributed by atoms with E-state index in [9.17, 15) is 4.39 Å². The van der Waals surface area contributed by atoms with Crippen molar-refractivity contribution in [1.29, 1.82) is 0 Å². The summed E-state index contributed by atoms with van der Waals surface area (Å²) in [4.78, 5) is 1.86. The first-order valence-electron chi connectivity index (χ1n) is 6.15. The lowest BCUT2D eigenvalue weighted by molar-refractivity contribution is 0.190. The van der Waals surface area contributed by atoms with Crippen LogP contribution in [0.2, 0.25) is 0 Å². The van der Waals surface area contributed by atoms with Crippen molar-refractivity contribution >= 4 is 11.5 Å². The summed E-state index contributed by atoms with van der Waals surface area (Å²) in [6, 6.07) is 4.55. The number of halogens is 1. The van der Waals surface area contributed by atoms with Gasteiger partial charge in [-0.3, -0.25) is 0 Å². The highest BCUT2D eigenvalue weighted by molar-refractivity contribution is 6.02. The normalized spacial score (nSPS) is 11.7. The van der Waals surface area contributed by atoms with Crippen molar-refractivity contribution in [2.75, 3.05) is 45.4 Å². The van der Waals surface area contributed by atoms with Crippen LogP contribution in [-0.2, 0) is 9.47 Å². The van der Waals surface area contributed by atoms with Crippen LogP contribution in [0.5, 0.6) is 0 Å². The largest absolute Gasteiger partial charge is 0.409 e. The maximum atomic E-state index is 13.9. The van der Waals surface area contributed by atoms with Crippen molar-refractivity contribution in [3.05, 3.63) is 29.6 Å². The molecule has 0 aromatic heterocycles. The number of nitrogens with two attached hydrogens (primary N) is 1. The Morgan fingerprint density at radius 1 is 1.30 bits per heavy atom. The summed E-state index contributed by atoms with van der Waals surface area (Å²) < 4.78 is 24.0. The molecule has 0 saturated heterocycles. The van der Waals surface area contributed by atoms with Crippen LogP contribution in [-0.4, -0.2) is 51.6 Å². The molecule has 0 bridgehead atoms. The third-order valence-electron chi connectivity index (χ3n) is 2.83. The number of oxime groups is 1. The number of benzene rings is 1. The number of hydrogen-bond donors (Lipinski definition) is 2. The van der Waals surface area contributed by atoms with Gasteiger partial charge in [-0.25, -0.2) is 4.39 Å². The van der Waals surface area contributed by atoms with Gasteiger partial charge in [-0.1, -0.05) is 11.2 Å². The van der Waals surface area contributed by atoms with Crippen LogP contribution in [0.4, 0.5) is 10.1 Å². The zero-order valence-electron chi connectivity index (χ0n) is 11.7. The van der Waals surface area contributed by atoms with Gasteiger partial charge in [0.1, 0.15) is 5.82 Å².